The lowest BCUT2D eigenvalue weighted by molar-refractivity contribution is 0.394. The van der Waals surface area contributed by atoms with Crippen LogP contribution in [0.2, 0.25) is 0 Å². The predicted molar refractivity (Wildman–Crippen MR) is 59.6 cm³/mol. The summed E-state index contributed by atoms with van der Waals surface area (Å²) in [4.78, 5) is 3.97. The molecule has 0 heterocycles. The maximum absolute atomic E-state index is 8.34. The molecule has 0 unspecified atom stereocenters. The number of hydrogen-bond donors (Lipinski definition) is 2. The largest absolute Gasteiger partial charge is 0.497 e. The van der Waals surface area contributed by atoms with Crippen LogP contribution in [0.15, 0.2) is 23.2 Å². The van der Waals surface area contributed by atoms with Crippen molar-refractivity contribution in [3.8, 4) is 17.7 Å². The Balaban J connectivity index is 3.04. The van der Waals surface area contributed by atoms with Crippen LogP contribution in [-0.2, 0) is 0 Å². The van der Waals surface area contributed by atoms with Gasteiger partial charge in [0.2, 0.25) is 5.96 Å². The summed E-state index contributed by atoms with van der Waals surface area (Å²) in [6.07, 6.45) is 1.68. The number of rotatable bonds is 3. The number of aliphatic imine (C=N–C) groups is 1. The van der Waals surface area contributed by atoms with E-state index in [0.717, 1.165) is 0 Å². The second-order valence-corrected chi connectivity index (χ2v) is 2.80. The predicted octanol–water partition coefficient (Wildman–Crippen LogP) is 0.721. The topological polar surface area (TPSA) is 92.7 Å². The number of ether oxygens (including phenoxy) is 2. The minimum Gasteiger partial charge on any atom is -0.497 e. The van der Waals surface area contributed by atoms with Gasteiger partial charge in [0.05, 0.1) is 19.9 Å². The minimum absolute atomic E-state index is 0.0119. The molecule has 0 aliphatic heterocycles. The summed E-state index contributed by atoms with van der Waals surface area (Å²) in [7, 11) is 3.08. The zero-order chi connectivity index (χ0) is 12.0. The van der Waals surface area contributed by atoms with Gasteiger partial charge in [-0.2, -0.15) is 5.26 Å². The Bertz CT molecular complexity index is 415. The van der Waals surface area contributed by atoms with Crippen molar-refractivity contribution in [3.05, 3.63) is 18.2 Å². The molecule has 3 N–H and O–H groups in total. The maximum Gasteiger partial charge on any atom is 0.207 e. The molecule has 0 saturated carbocycles. The first-order valence-electron chi connectivity index (χ1n) is 4.42. The lowest BCUT2D eigenvalue weighted by atomic mass is 10.3. The van der Waals surface area contributed by atoms with Gasteiger partial charge in [0.1, 0.15) is 11.5 Å². The number of hydrogen-bond acceptors (Lipinski definition) is 4. The average Bonchev–Trinajstić information content (AvgIpc) is 2.28. The summed E-state index contributed by atoms with van der Waals surface area (Å²) in [5, 5.41) is 10.6. The van der Waals surface area contributed by atoms with Gasteiger partial charge in [0.25, 0.3) is 0 Å². The molecule has 0 bridgehead atoms. The quantitative estimate of drug-likeness (QED) is 0.339. The van der Waals surface area contributed by atoms with Crippen LogP contribution in [0.5, 0.6) is 11.5 Å². The second-order valence-electron chi connectivity index (χ2n) is 2.80. The van der Waals surface area contributed by atoms with Crippen LogP contribution in [0.25, 0.3) is 0 Å². The molecule has 84 valence electrons. The zero-order valence-corrected chi connectivity index (χ0v) is 9.02. The first kappa shape index (κ1) is 11.7. The Morgan fingerprint density at radius 1 is 1.31 bits per heavy atom. The lowest BCUT2D eigenvalue weighted by Gasteiger charge is -2.05. The fourth-order valence-corrected chi connectivity index (χ4v) is 1.08. The highest BCUT2D eigenvalue weighted by molar-refractivity contribution is 5.82. The molecule has 0 fully saturated rings. The molecule has 1 rings (SSSR count). The highest BCUT2D eigenvalue weighted by Crippen LogP contribution is 2.27. The molecular formula is C10H12N4O2. The van der Waals surface area contributed by atoms with Crippen molar-refractivity contribution < 1.29 is 9.47 Å². The Morgan fingerprint density at radius 3 is 2.31 bits per heavy atom. The summed E-state index contributed by atoms with van der Waals surface area (Å²) in [6.45, 7) is 0. The summed E-state index contributed by atoms with van der Waals surface area (Å²) in [6, 6.07) is 5.07. The van der Waals surface area contributed by atoms with Gasteiger partial charge in [-0.05, 0) is 0 Å². The molecule has 6 nitrogen and oxygen atoms in total. The molecule has 0 aromatic heterocycles. The third-order valence-corrected chi connectivity index (χ3v) is 1.77. The van der Waals surface area contributed by atoms with Gasteiger partial charge in [0, 0.05) is 18.2 Å². The number of nitriles is 1. The Labute approximate surface area is 93.3 Å². The van der Waals surface area contributed by atoms with E-state index in [9.17, 15) is 0 Å². The van der Waals surface area contributed by atoms with Crippen LogP contribution in [-0.4, -0.2) is 20.2 Å². The van der Waals surface area contributed by atoms with E-state index in [0.29, 0.717) is 17.2 Å². The maximum atomic E-state index is 8.34. The monoisotopic (exact) mass is 220 g/mol. The first-order chi connectivity index (χ1) is 7.69. The summed E-state index contributed by atoms with van der Waals surface area (Å²) >= 11 is 0. The Morgan fingerprint density at radius 2 is 1.88 bits per heavy atom. The normalized spacial score (nSPS) is 10.4. The van der Waals surface area contributed by atoms with Gasteiger partial charge in [-0.1, -0.05) is 0 Å². The smallest absolute Gasteiger partial charge is 0.207 e. The second kappa shape index (κ2) is 5.46. The van der Waals surface area contributed by atoms with Gasteiger partial charge < -0.3 is 15.2 Å². The third kappa shape index (κ3) is 3.06. The van der Waals surface area contributed by atoms with Gasteiger partial charge in [-0.25, -0.2) is 4.99 Å². The molecule has 16 heavy (non-hydrogen) atoms. The molecule has 0 spiro atoms. The number of nitrogens with zero attached hydrogens (tertiary/aromatic N) is 2. The molecule has 1 aromatic rings. The van der Waals surface area contributed by atoms with E-state index in [1.54, 1.807) is 38.6 Å². The van der Waals surface area contributed by atoms with Crippen LogP contribution < -0.4 is 20.5 Å². The van der Waals surface area contributed by atoms with E-state index in [4.69, 9.17) is 20.5 Å². The van der Waals surface area contributed by atoms with Gasteiger partial charge in [-0.3, -0.25) is 5.32 Å². The van der Waals surface area contributed by atoms with E-state index in [2.05, 4.69) is 10.3 Å². The SMILES string of the molecule is COc1cc(N=C(N)NC#N)cc(OC)c1. The molecule has 6 heteroatoms. The highest BCUT2D eigenvalue weighted by Gasteiger charge is 2.01. The van der Waals surface area contributed by atoms with Crippen molar-refractivity contribution >= 4 is 11.6 Å². The number of nitrogens with two attached hydrogens (primary N) is 1. The van der Waals surface area contributed by atoms with Crippen LogP contribution in [0.4, 0.5) is 5.69 Å². The van der Waals surface area contributed by atoms with E-state index in [1.807, 2.05) is 0 Å². The Hall–Kier alpha value is -2.42. The highest BCUT2D eigenvalue weighted by atomic mass is 16.5. The van der Waals surface area contributed by atoms with Crippen molar-refractivity contribution in [1.82, 2.24) is 5.32 Å². The standard InChI is InChI=1S/C10H12N4O2/c1-15-8-3-7(4-9(5-8)16-2)14-10(12)13-6-11/h3-5H,1-2H3,(H3,12,13,14). The number of guanidine groups is 1. The summed E-state index contributed by atoms with van der Waals surface area (Å²) < 4.78 is 10.1. The molecular weight excluding hydrogens is 208 g/mol. The van der Waals surface area contributed by atoms with Crippen molar-refractivity contribution in [1.29, 1.82) is 5.26 Å². The van der Waals surface area contributed by atoms with Gasteiger partial charge in [-0.15, -0.1) is 0 Å². The fraction of sp³-hybridized carbons (Fsp3) is 0.200. The van der Waals surface area contributed by atoms with E-state index in [1.165, 1.54) is 0 Å². The number of nitrogens with one attached hydrogen (secondary N) is 1. The summed E-state index contributed by atoms with van der Waals surface area (Å²) in [5.74, 6) is 1.21. The number of benzene rings is 1. The first-order valence-corrected chi connectivity index (χ1v) is 4.42. The third-order valence-electron chi connectivity index (χ3n) is 1.77. The van der Waals surface area contributed by atoms with Crippen LogP contribution >= 0.6 is 0 Å². The Kier molecular flexibility index (Phi) is 3.98. The van der Waals surface area contributed by atoms with Crippen LogP contribution in [0, 0.1) is 11.5 Å². The summed E-state index contributed by atoms with van der Waals surface area (Å²) in [5.41, 5.74) is 5.97. The van der Waals surface area contributed by atoms with Crippen molar-refractivity contribution in [2.75, 3.05) is 14.2 Å². The zero-order valence-electron chi connectivity index (χ0n) is 9.02. The number of methoxy groups -OCH3 is 2. The molecule has 0 atom stereocenters. The molecule has 0 amide bonds. The lowest BCUT2D eigenvalue weighted by Crippen LogP contribution is -2.26. The molecule has 1 aromatic carbocycles. The van der Waals surface area contributed by atoms with Gasteiger partial charge >= 0.3 is 0 Å². The van der Waals surface area contributed by atoms with Gasteiger partial charge in [0.15, 0.2) is 6.19 Å². The molecule has 0 saturated heterocycles. The van der Waals surface area contributed by atoms with Crippen LogP contribution in [0.1, 0.15) is 0 Å². The van der Waals surface area contributed by atoms with E-state index in [-0.39, 0.29) is 5.96 Å². The molecule has 0 aliphatic carbocycles. The minimum atomic E-state index is 0.0119. The van der Waals surface area contributed by atoms with E-state index >= 15 is 0 Å². The van der Waals surface area contributed by atoms with Crippen LogP contribution in [0.3, 0.4) is 0 Å². The average molecular weight is 220 g/mol. The molecule has 0 radical (unpaired) electrons. The molecule has 0 aliphatic rings. The van der Waals surface area contributed by atoms with Crippen molar-refractivity contribution in [2.45, 2.75) is 0 Å². The fourth-order valence-electron chi connectivity index (χ4n) is 1.08. The van der Waals surface area contributed by atoms with Crippen molar-refractivity contribution in [3.63, 3.8) is 0 Å². The van der Waals surface area contributed by atoms with E-state index < -0.39 is 0 Å². The van der Waals surface area contributed by atoms with Crippen molar-refractivity contribution in [2.24, 2.45) is 10.7 Å².